The molecule has 1 fully saturated rings. The molecule has 0 aromatic carbocycles. The molecule has 5 nitrogen and oxygen atoms in total. The lowest BCUT2D eigenvalue weighted by Crippen LogP contribution is -2.44. The second-order valence-electron chi connectivity index (χ2n) is 6.15. The number of aryl methyl sites for hydroxylation is 1. The molecule has 1 amide bonds. The van der Waals surface area contributed by atoms with Crippen molar-refractivity contribution in [1.29, 1.82) is 0 Å². The van der Waals surface area contributed by atoms with Gasteiger partial charge >= 0.3 is 0 Å². The molecule has 0 unspecified atom stereocenters. The van der Waals surface area contributed by atoms with Gasteiger partial charge in [-0.05, 0) is 33.9 Å². The summed E-state index contributed by atoms with van der Waals surface area (Å²) in [5, 5.41) is 3.97. The van der Waals surface area contributed by atoms with Gasteiger partial charge in [-0.2, -0.15) is 0 Å². The fourth-order valence-corrected chi connectivity index (χ4v) is 2.78. The number of hydrogen-bond acceptors (Lipinski definition) is 4. The highest BCUT2D eigenvalue weighted by Crippen LogP contribution is 2.25. The average Bonchev–Trinajstić information content (AvgIpc) is 2.80. The first-order valence-electron chi connectivity index (χ1n) is 7.33. The molecule has 20 heavy (non-hydrogen) atoms. The van der Waals surface area contributed by atoms with E-state index < -0.39 is 0 Å². The van der Waals surface area contributed by atoms with E-state index in [-0.39, 0.29) is 11.8 Å². The van der Waals surface area contributed by atoms with E-state index in [1.165, 1.54) is 0 Å². The lowest BCUT2D eigenvalue weighted by Gasteiger charge is -2.35. The van der Waals surface area contributed by atoms with Gasteiger partial charge in [0.05, 0.1) is 5.69 Å². The molecule has 0 aliphatic carbocycles. The van der Waals surface area contributed by atoms with Crippen LogP contribution in [0, 0.1) is 6.92 Å². The third-order valence-corrected chi connectivity index (χ3v) is 4.11. The summed E-state index contributed by atoms with van der Waals surface area (Å²) in [6.07, 6.45) is 2.06. The number of hydrogen-bond donors (Lipinski definition) is 0. The number of likely N-dealkylation sites (tertiary alicyclic amines) is 1. The van der Waals surface area contributed by atoms with E-state index in [4.69, 9.17) is 4.52 Å². The van der Waals surface area contributed by atoms with E-state index >= 15 is 0 Å². The van der Waals surface area contributed by atoms with Crippen molar-refractivity contribution in [3.8, 4) is 0 Å². The molecule has 0 spiro atoms. The molecular formula is C15H25N3O2. The van der Waals surface area contributed by atoms with Gasteiger partial charge in [0.1, 0.15) is 5.56 Å². The van der Waals surface area contributed by atoms with Crippen LogP contribution in [0.2, 0.25) is 0 Å². The van der Waals surface area contributed by atoms with Crippen LogP contribution in [0.25, 0.3) is 0 Å². The molecule has 2 rings (SSSR count). The van der Waals surface area contributed by atoms with Crippen LogP contribution in [0.15, 0.2) is 4.52 Å². The zero-order valence-electron chi connectivity index (χ0n) is 13.1. The van der Waals surface area contributed by atoms with Crippen LogP contribution in [-0.4, -0.2) is 54.1 Å². The lowest BCUT2D eigenvalue weighted by atomic mass is 10.0. The molecule has 0 N–H and O–H groups in total. The van der Waals surface area contributed by atoms with Gasteiger partial charge in [-0.25, -0.2) is 0 Å². The highest BCUT2D eigenvalue weighted by molar-refractivity contribution is 5.96. The van der Waals surface area contributed by atoms with Crippen molar-refractivity contribution in [2.45, 2.75) is 45.6 Å². The zero-order chi connectivity index (χ0) is 14.9. The normalized spacial score (nSPS) is 17.2. The molecule has 5 heteroatoms. The topological polar surface area (TPSA) is 49.6 Å². The van der Waals surface area contributed by atoms with Crippen LogP contribution < -0.4 is 0 Å². The third-order valence-electron chi connectivity index (χ3n) is 4.11. The summed E-state index contributed by atoms with van der Waals surface area (Å²) in [5.74, 6) is 0.960. The Kier molecular flexibility index (Phi) is 4.48. The molecule has 2 heterocycles. The highest BCUT2D eigenvalue weighted by atomic mass is 16.5. The van der Waals surface area contributed by atoms with Gasteiger partial charge in [-0.1, -0.05) is 19.0 Å². The first-order chi connectivity index (χ1) is 9.41. The molecule has 1 aromatic rings. The minimum atomic E-state index is 0.0738. The first-order valence-corrected chi connectivity index (χ1v) is 7.33. The van der Waals surface area contributed by atoms with Crippen LogP contribution >= 0.6 is 0 Å². The van der Waals surface area contributed by atoms with Gasteiger partial charge in [0.2, 0.25) is 0 Å². The van der Waals surface area contributed by atoms with Crippen LogP contribution in [0.3, 0.4) is 0 Å². The molecule has 0 radical (unpaired) electrons. The standard InChI is InChI=1S/C15H25N3O2/c1-10(2)14-13(11(3)16-20-14)15(19)18-8-6-12(7-9-18)17(4)5/h10,12H,6-9H2,1-5H3. The summed E-state index contributed by atoms with van der Waals surface area (Å²) in [7, 11) is 4.20. The average molecular weight is 279 g/mol. The van der Waals surface area contributed by atoms with Crippen LogP contribution in [-0.2, 0) is 0 Å². The molecule has 1 aliphatic rings. The van der Waals surface area contributed by atoms with E-state index in [2.05, 4.69) is 24.2 Å². The monoisotopic (exact) mass is 279 g/mol. The number of rotatable bonds is 3. The Balaban J connectivity index is 2.11. The summed E-state index contributed by atoms with van der Waals surface area (Å²) < 4.78 is 5.32. The quantitative estimate of drug-likeness (QED) is 0.851. The van der Waals surface area contributed by atoms with E-state index in [1.54, 1.807) is 0 Å². The Labute approximate surface area is 120 Å². The summed E-state index contributed by atoms with van der Waals surface area (Å²) in [4.78, 5) is 16.9. The summed E-state index contributed by atoms with van der Waals surface area (Å²) in [5.41, 5.74) is 1.37. The Morgan fingerprint density at radius 2 is 1.95 bits per heavy atom. The molecule has 1 aliphatic heterocycles. The zero-order valence-corrected chi connectivity index (χ0v) is 13.1. The van der Waals surface area contributed by atoms with E-state index in [9.17, 15) is 4.79 Å². The van der Waals surface area contributed by atoms with Crippen molar-refractivity contribution < 1.29 is 9.32 Å². The SMILES string of the molecule is Cc1noc(C(C)C)c1C(=O)N1CCC(N(C)C)CC1. The van der Waals surface area contributed by atoms with Crippen LogP contribution in [0.5, 0.6) is 0 Å². The Hall–Kier alpha value is -1.36. The van der Waals surface area contributed by atoms with Crippen LogP contribution in [0.1, 0.15) is 54.4 Å². The molecule has 1 saturated heterocycles. The Bertz CT molecular complexity index is 471. The van der Waals surface area contributed by atoms with Crippen molar-refractivity contribution in [1.82, 2.24) is 15.0 Å². The van der Waals surface area contributed by atoms with Gasteiger partial charge in [-0.15, -0.1) is 0 Å². The van der Waals surface area contributed by atoms with E-state index in [0.717, 1.165) is 25.9 Å². The molecule has 0 atom stereocenters. The van der Waals surface area contributed by atoms with Crippen molar-refractivity contribution in [2.75, 3.05) is 27.2 Å². The number of nitrogens with zero attached hydrogens (tertiary/aromatic N) is 3. The lowest BCUT2D eigenvalue weighted by molar-refractivity contribution is 0.0660. The highest BCUT2D eigenvalue weighted by Gasteiger charge is 2.29. The van der Waals surface area contributed by atoms with Gasteiger partial charge < -0.3 is 14.3 Å². The van der Waals surface area contributed by atoms with Gasteiger partial charge in [0.25, 0.3) is 5.91 Å². The summed E-state index contributed by atoms with van der Waals surface area (Å²) in [6, 6.07) is 0.576. The molecular weight excluding hydrogens is 254 g/mol. The first kappa shape index (κ1) is 15.0. The third kappa shape index (κ3) is 2.87. The number of aromatic nitrogens is 1. The molecule has 112 valence electrons. The minimum Gasteiger partial charge on any atom is -0.360 e. The second kappa shape index (κ2) is 5.95. The van der Waals surface area contributed by atoms with Gasteiger partial charge in [0, 0.05) is 25.0 Å². The second-order valence-corrected chi connectivity index (χ2v) is 6.15. The number of amides is 1. The number of piperidine rings is 1. The maximum atomic E-state index is 12.7. The predicted molar refractivity (Wildman–Crippen MR) is 77.9 cm³/mol. The van der Waals surface area contributed by atoms with E-state index in [1.807, 2.05) is 25.7 Å². The molecule has 0 saturated carbocycles. The smallest absolute Gasteiger partial charge is 0.259 e. The predicted octanol–water partition coefficient (Wildman–Crippen LogP) is 2.27. The Morgan fingerprint density at radius 1 is 1.35 bits per heavy atom. The fraction of sp³-hybridized carbons (Fsp3) is 0.733. The van der Waals surface area contributed by atoms with E-state index in [0.29, 0.717) is 23.1 Å². The fourth-order valence-electron chi connectivity index (χ4n) is 2.78. The van der Waals surface area contributed by atoms with Crippen molar-refractivity contribution in [3.05, 3.63) is 17.0 Å². The maximum absolute atomic E-state index is 12.7. The van der Waals surface area contributed by atoms with Crippen molar-refractivity contribution in [3.63, 3.8) is 0 Å². The minimum absolute atomic E-state index is 0.0738. The number of carbonyl (C=O) groups excluding carboxylic acids is 1. The van der Waals surface area contributed by atoms with Gasteiger partial charge in [-0.3, -0.25) is 4.79 Å². The maximum Gasteiger partial charge on any atom is 0.259 e. The van der Waals surface area contributed by atoms with Crippen molar-refractivity contribution in [2.24, 2.45) is 0 Å². The number of carbonyl (C=O) groups is 1. The van der Waals surface area contributed by atoms with Crippen LogP contribution in [0.4, 0.5) is 0 Å². The Morgan fingerprint density at radius 3 is 2.45 bits per heavy atom. The molecule has 0 bridgehead atoms. The van der Waals surface area contributed by atoms with Crippen molar-refractivity contribution >= 4 is 5.91 Å². The molecule has 1 aromatic heterocycles. The summed E-state index contributed by atoms with van der Waals surface area (Å²) in [6.45, 7) is 7.51. The summed E-state index contributed by atoms with van der Waals surface area (Å²) >= 11 is 0. The largest absolute Gasteiger partial charge is 0.360 e. The van der Waals surface area contributed by atoms with Gasteiger partial charge in [0.15, 0.2) is 5.76 Å².